The molecule has 1 aromatic rings. The number of nitrogens with zero attached hydrogens (tertiary/aromatic N) is 1. The molecule has 76 valence electrons. The first-order valence-corrected chi connectivity index (χ1v) is 4.76. The van der Waals surface area contributed by atoms with E-state index in [9.17, 15) is 18.7 Å². The van der Waals surface area contributed by atoms with Gasteiger partial charge in [0.1, 0.15) is 9.39 Å². The van der Waals surface area contributed by atoms with E-state index in [0.29, 0.717) is 0 Å². The Balaban J connectivity index is 3.40. The Morgan fingerprint density at radius 2 is 2.21 bits per heavy atom. The number of carbonyl (C=O) groups excluding carboxylic acids is 1. The summed E-state index contributed by atoms with van der Waals surface area (Å²) in [5.74, 6) is -0.861. The van der Waals surface area contributed by atoms with Crippen molar-refractivity contribution in [3.05, 3.63) is 21.0 Å². The molecule has 0 atom stereocenters. The SMILES string of the molecule is O=C(Cl)c1cc(I)nc(C(F)F)c1O. The van der Waals surface area contributed by atoms with E-state index in [0.717, 1.165) is 6.07 Å². The predicted molar refractivity (Wildman–Crippen MR) is 53.8 cm³/mol. The summed E-state index contributed by atoms with van der Waals surface area (Å²) in [4.78, 5) is 14.1. The van der Waals surface area contributed by atoms with E-state index in [4.69, 9.17) is 11.6 Å². The second kappa shape index (κ2) is 4.35. The van der Waals surface area contributed by atoms with Crippen LogP contribution in [0.2, 0.25) is 0 Å². The lowest BCUT2D eigenvalue weighted by atomic mass is 10.2. The Hall–Kier alpha value is -0.500. The molecular weight excluding hydrogens is 330 g/mol. The van der Waals surface area contributed by atoms with Crippen LogP contribution in [0.15, 0.2) is 6.07 Å². The maximum atomic E-state index is 12.3. The van der Waals surface area contributed by atoms with Gasteiger partial charge in [-0.1, -0.05) is 0 Å². The summed E-state index contributed by atoms with van der Waals surface area (Å²) in [7, 11) is 0. The van der Waals surface area contributed by atoms with Crippen molar-refractivity contribution in [1.82, 2.24) is 4.98 Å². The van der Waals surface area contributed by atoms with E-state index in [1.54, 1.807) is 22.6 Å². The first-order valence-electron chi connectivity index (χ1n) is 3.31. The highest BCUT2D eigenvalue weighted by Crippen LogP contribution is 2.31. The molecule has 0 amide bonds. The zero-order valence-electron chi connectivity index (χ0n) is 6.47. The van der Waals surface area contributed by atoms with Gasteiger partial charge in [-0.3, -0.25) is 4.79 Å². The average molecular weight is 333 g/mol. The molecule has 7 heteroatoms. The summed E-state index contributed by atoms with van der Waals surface area (Å²) in [5, 5.41) is 8.21. The van der Waals surface area contributed by atoms with Gasteiger partial charge >= 0.3 is 0 Å². The highest BCUT2D eigenvalue weighted by molar-refractivity contribution is 14.1. The predicted octanol–water partition coefficient (Wildman–Crippen LogP) is 2.71. The second-order valence-corrected chi connectivity index (χ2v) is 3.75. The first-order chi connectivity index (χ1) is 6.43. The van der Waals surface area contributed by atoms with E-state index in [1.807, 2.05) is 0 Å². The molecule has 0 saturated carbocycles. The van der Waals surface area contributed by atoms with Crippen LogP contribution in [-0.4, -0.2) is 15.3 Å². The minimum atomic E-state index is -2.94. The molecule has 14 heavy (non-hydrogen) atoms. The number of hydrogen-bond donors (Lipinski definition) is 1. The van der Waals surface area contributed by atoms with Crippen molar-refractivity contribution in [2.75, 3.05) is 0 Å². The second-order valence-electron chi connectivity index (χ2n) is 2.30. The van der Waals surface area contributed by atoms with E-state index in [-0.39, 0.29) is 9.26 Å². The van der Waals surface area contributed by atoms with Crippen LogP contribution < -0.4 is 0 Å². The van der Waals surface area contributed by atoms with Crippen LogP contribution in [0, 0.1) is 3.70 Å². The number of hydrogen-bond acceptors (Lipinski definition) is 3. The molecule has 0 bridgehead atoms. The van der Waals surface area contributed by atoms with E-state index in [1.165, 1.54) is 0 Å². The molecule has 0 aromatic carbocycles. The van der Waals surface area contributed by atoms with Gasteiger partial charge < -0.3 is 5.11 Å². The standard InChI is InChI=1S/C7H3ClF2INO2/c8-6(14)2-1-3(11)12-4(5(2)13)7(9)10/h1,7,13H. The van der Waals surface area contributed by atoms with Gasteiger partial charge in [0.25, 0.3) is 11.7 Å². The highest BCUT2D eigenvalue weighted by Gasteiger charge is 2.21. The lowest BCUT2D eigenvalue weighted by Crippen LogP contribution is -2.00. The molecular formula is C7H3ClF2INO2. The molecule has 0 aliphatic rings. The fourth-order valence-electron chi connectivity index (χ4n) is 0.828. The number of halogens is 4. The van der Waals surface area contributed by atoms with E-state index in [2.05, 4.69) is 4.98 Å². The smallest absolute Gasteiger partial charge is 0.284 e. The monoisotopic (exact) mass is 333 g/mol. The van der Waals surface area contributed by atoms with Crippen LogP contribution in [0.1, 0.15) is 22.5 Å². The molecule has 0 aliphatic heterocycles. The molecule has 0 unspecified atom stereocenters. The minimum absolute atomic E-state index is 0.166. The summed E-state index contributed by atoms with van der Waals surface area (Å²) in [6.07, 6.45) is -2.94. The molecule has 0 saturated heterocycles. The van der Waals surface area contributed by atoms with Crippen LogP contribution in [-0.2, 0) is 0 Å². The molecule has 0 fully saturated rings. The van der Waals surface area contributed by atoms with Crippen molar-refractivity contribution in [2.24, 2.45) is 0 Å². The van der Waals surface area contributed by atoms with Crippen molar-refractivity contribution in [2.45, 2.75) is 6.43 Å². The maximum Gasteiger partial charge on any atom is 0.284 e. The van der Waals surface area contributed by atoms with Gasteiger partial charge in [0.2, 0.25) is 0 Å². The molecule has 0 aliphatic carbocycles. The molecule has 0 spiro atoms. The van der Waals surface area contributed by atoms with Crippen LogP contribution in [0.3, 0.4) is 0 Å². The largest absolute Gasteiger partial charge is 0.505 e. The molecule has 1 rings (SSSR count). The van der Waals surface area contributed by atoms with Crippen LogP contribution in [0.4, 0.5) is 8.78 Å². The summed E-state index contributed by atoms with van der Waals surface area (Å²) >= 11 is 6.73. The molecule has 3 nitrogen and oxygen atoms in total. The number of alkyl halides is 2. The average Bonchev–Trinajstić information content (AvgIpc) is 2.07. The number of rotatable bonds is 2. The third kappa shape index (κ3) is 2.30. The summed E-state index contributed by atoms with van der Waals surface area (Å²) < 4.78 is 24.7. The molecule has 1 aromatic heterocycles. The van der Waals surface area contributed by atoms with Gasteiger partial charge in [-0.2, -0.15) is 0 Å². The number of aromatic hydroxyl groups is 1. The lowest BCUT2D eigenvalue weighted by Gasteiger charge is -2.05. The third-order valence-electron chi connectivity index (χ3n) is 1.41. The zero-order chi connectivity index (χ0) is 10.9. The zero-order valence-corrected chi connectivity index (χ0v) is 9.38. The van der Waals surface area contributed by atoms with Crippen molar-refractivity contribution < 1.29 is 18.7 Å². The first kappa shape index (κ1) is 11.6. The Labute approximate surface area is 96.2 Å². The van der Waals surface area contributed by atoms with Gasteiger partial charge in [-0.05, 0) is 40.3 Å². The minimum Gasteiger partial charge on any atom is -0.505 e. The number of pyridine rings is 1. The maximum absolute atomic E-state index is 12.3. The summed E-state index contributed by atoms with van der Waals surface area (Å²) in [6.45, 7) is 0. The Bertz CT molecular complexity index is 386. The lowest BCUT2D eigenvalue weighted by molar-refractivity contribution is 0.107. The van der Waals surface area contributed by atoms with Gasteiger partial charge in [0.15, 0.2) is 5.75 Å². The number of carbonyl (C=O) groups is 1. The van der Waals surface area contributed by atoms with Crippen LogP contribution >= 0.6 is 34.2 Å². The fourth-order valence-corrected chi connectivity index (χ4v) is 1.54. The Morgan fingerprint density at radius 3 is 2.64 bits per heavy atom. The Morgan fingerprint density at radius 1 is 1.64 bits per heavy atom. The topological polar surface area (TPSA) is 50.2 Å². The summed E-state index contributed by atoms with van der Waals surface area (Å²) in [5.41, 5.74) is -1.19. The van der Waals surface area contributed by atoms with Crippen molar-refractivity contribution in [3.63, 3.8) is 0 Å². The van der Waals surface area contributed by atoms with Crippen LogP contribution in [0.25, 0.3) is 0 Å². The normalized spacial score (nSPS) is 10.6. The molecule has 0 radical (unpaired) electrons. The number of aromatic nitrogens is 1. The quantitative estimate of drug-likeness (QED) is 0.514. The van der Waals surface area contributed by atoms with Gasteiger partial charge in [-0.25, -0.2) is 13.8 Å². The van der Waals surface area contributed by atoms with Crippen LogP contribution in [0.5, 0.6) is 5.75 Å². The van der Waals surface area contributed by atoms with Gasteiger partial charge in [-0.15, -0.1) is 0 Å². The van der Waals surface area contributed by atoms with E-state index >= 15 is 0 Å². The van der Waals surface area contributed by atoms with Crippen molar-refractivity contribution >= 4 is 39.4 Å². The molecule has 1 N–H and O–H groups in total. The third-order valence-corrected chi connectivity index (χ3v) is 2.16. The fraction of sp³-hybridized carbons (Fsp3) is 0.143. The van der Waals surface area contributed by atoms with E-state index < -0.39 is 23.1 Å². The van der Waals surface area contributed by atoms with Crippen molar-refractivity contribution in [1.29, 1.82) is 0 Å². The van der Waals surface area contributed by atoms with Crippen molar-refractivity contribution in [3.8, 4) is 5.75 Å². The summed E-state index contributed by atoms with van der Waals surface area (Å²) in [6, 6.07) is 1.14. The Kier molecular flexibility index (Phi) is 3.59. The van der Waals surface area contributed by atoms with Gasteiger partial charge in [0.05, 0.1) is 5.56 Å². The van der Waals surface area contributed by atoms with Gasteiger partial charge in [0, 0.05) is 0 Å². The highest BCUT2D eigenvalue weighted by atomic mass is 127. The molecule has 1 heterocycles.